The average Bonchev–Trinajstić information content (AvgIpc) is 2.44. The third-order valence-electron chi connectivity index (χ3n) is 2.50. The number of imide groups is 1. The van der Waals surface area contributed by atoms with Crippen LogP contribution in [0.5, 0.6) is 0 Å². The topological polar surface area (TPSA) is 102 Å². The molecule has 0 saturated heterocycles. The van der Waals surface area contributed by atoms with Crippen LogP contribution in [0.4, 0.5) is 4.79 Å². The Hall–Kier alpha value is -1.96. The smallest absolute Gasteiger partial charge is 0.441 e. The Morgan fingerprint density at radius 3 is 2.41 bits per heavy atom. The van der Waals surface area contributed by atoms with Crippen molar-refractivity contribution in [1.29, 1.82) is 0 Å². The van der Waals surface area contributed by atoms with E-state index in [1.165, 1.54) is 0 Å². The van der Waals surface area contributed by atoms with Crippen LogP contribution in [0.1, 0.15) is 26.3 Å². The van der Waals surface area contributed by atoms with Crippen LogP contribution < -0.4 is 5.73 Å². The number of rotatable bonds is 5. The van der Waals surface area contributed by atoms with E-state index in [9.17, 15) is 14.8 Å². The second-order valence-corrected chi connectivity index (χ2v) is 5.74. The summed E-state index contributed by atoms with van der Waals surface area (Å²) in [6.07, 6.45) is -1.17. The van der Waals surface area contributed by atoms with Crippen LogP contribution >= 0.6 is 0 Å². The number of carbonyl (C=O) groups excluding carboxylic acids is 2. The second kappa shape index (κ2) is 7.88. The van der Waals surface area contributed by atoms with Crippen LogP contribution in [-0.2, 0) is 20.9 Å². The molecule has 1 aromatic rings. The minimum Gasteiger partial charge on any atom is -0.442 e. The van der Waals surface area contributed by atoms with Crippen molar-refractivity contribution in [2.24, 2.45) is 5.73 Å². The fourth-order valence-electron chi connectivity index (χ4n) is 1.50. The molecule has 22 heavy (non-hydrogen) atoms. The summed E-state index contributed by atoms with van der Waals surface area (Å²) in [5, 5.41) is 9.39. The predicted molar refractivity (Wildman–Crippen MR) is 78.9 cm³/mol. The average molecular weight is 310 g/mol. The summed E-state index contributed by atoms with van der Waals surface area (Å²) < 4.78 is 10.2. The van der Waals surface area contributed by atoms with Gasteiger partial charge in [0.2, 0.25) is 0 Å². The van der Waals surface area contributed by atoms with E-state index in [1.54, 1.807) is 20.8 Å². The van der Waals surface area contributed by atoms with Gasteiger partial charge in [0.15, 0.2) is 0 Å². The van der Waals surface area contributed by atoms with E-state index in [0.717, 1.165) is 5.56 Å². The third kappa shape index (κ3) is 6.21. The molecular formula is C15H22N2O5. The lowest BCUT2D eigenvalue weighted by Gasteiger charge is -2.23. The molecule has 7 nitrogen and oxygen atoms in total. The molecule has 1 atom stereocenters. The molecule has 1 aromatic carbocycles. The van der Waals surface area contributed by atoms with Crippen molar-refractivity contribution in [2.75, 3.05) is 6.61 Å². The molecule has 0 bridgehead atoms. The molecule has 1 rings (SSSR count). The number of benzene rings is 1. The molecule has 0 radical (unpaired) electrons. The van der Waals surface area contributed by atoms with E-state index in [1.807, 2.05) is 30.3 Å². The highest BCUT2D eigenvalue weighted by Crippen LogP contribution is 2.09. The van der Waals surface area contributed by atoms with Crippen molar-refractivity contribution in [3.63, 3.8) is 0 Å². The maximum atomic E-state index is 11.8. The number of amides is 2. The summed E-state index contributed by atoms with van der Waals surface area (Å²) in [5.41, 5.74) is 5.70. The number of hydrogen-bond acceptors (Lipinski definition) is 6. The first-order chi connectivity index (χ1) is 10.2. The van der Waals surface area contributed by atoms with Gasteiger partial charge in [-0.3, -0.25) is 10.0 Å². The highest BCUT2D eigenvalue weighted by Gasteiger charge is 2.29. The Morgan fingerprint density at radius 1 is 1.27 bits per heavy atom. The Morgan fingerprint density at radius 2 is 1.86 bits per heavy atom. The molecule has 0 spiro atoms. The van der Waals surface area contributed by atoms with Gasteiger partial charge in [-0.1, -0.05) is 30.3 Å². The molecule has 3 N–H and O–H groups in total. The quantitative estimate of drug-likeness (QED) is 0.634. The van der Waals surface area contributed by atoms with E-state index in [2.05, 4.69) is 0 Å². The highest BCUT2D eigenvalue weighted by atomic mass is 16.6. The first-order valence-electron chi connectivity index (χ1n) is 6.84. The molecule has 0 unspecified atom stereocenters. The zero-order chi connectivity index (χ0) is 16.8. The summed E-state index contributed by atoms with van der Waals surface area (Å²) in [7, 11) is 0. The van der Waals surface area contributed by atoms with Crippen molar-refractivity contribution in [3.05, 3.63) is 35.9 Å². The van der Waals surface area contributed by atoms with Gasteiger partial charge in [-0.25, -0.2) is 4.79 Å². The van der Waals surface area contributed by atoms with Crippen LogP contribution in [0, 0.1) is 0 Å². The van der Waals surface area contributed by atoms with Crippen molar-refractivity contribution < 1.29 is 24.3 Å². The second-order valence-electron chi connectivity index (χ2n) is 5.74. The standard InChI is InChI=1S/C15H22N2O5/c1-15(2,3)22-14(19)17(20)13(18)12(16)10-21-9-11-7-5-4-6-8-11/h4-8,12,20H,9-10,16H2,1-3H3/t12-/m1/s1. The largest absolute Gasteiger partial charge is 0.442 e. The Kier molecular flexibility index (Phi) is 6.48. The Balaban J connectivity index is 2.42. The first-order valence-corrected chi connectivity index (χ1v) is 6.84. The van der Waals surface area contributed by atoms with E-state index in [0.29, 0.717) is 0 Å². The minimum absolute atomic E-state index is 0.123. The third-order valence-corrected chi connectivity index (χ3v) is 2.50. The zero-order valence-corrected chi connectivity index (χ0v) is 13.0. The summed E-state index contributed by atoms with van der Waals surface area (Å²) in [6, 6.07) is 8.17. The molecule has 0 fully saturated rings. The molecule has 7 heteroatoms. The van der Waals surface area contributed by atoms with Crippen LogP contribution in [0.25, 0.3) is 0 Å². The summed E-state index contributed by atoms with van der Waals surface area (Å²) >= 11 is 0. The molecule has 0 heterocycles. The van der Waals surface area contributed by atoms with Gasteiger partial charge in [0, 0.05) is 0 Å². The minimum atomic E-state index is -1.17. The first kappa shape index (κ1) is 18.1. The molecule has 0 aliphatic heterocycles. The SMILES string of the molecule is CC(C)(C)OC(=O)N(O)C(=O)[C@H](N)COCc1ccccc1. The van der Waals surface area contributed by atoms with Gasteiger partial charge in [0.1, 0.15) is 11.6 Å². The fourth-order valence-corrected chi connectivity index (χ4v) is 1.50. The van der Waals surface area contributed by atoms with E-state index >= 15 is 0 Å². The van der Waals surface area contributed by atoms with Crippen molar-refractivity contribution in [2.45, 2.75) is 39.0 Å². The van der Waals surface area contributed by atoms with Gasteiger partial charge >= 0.3 is 6.09 Å². The molecular weight excluding hydrogens is 288 g/mol. The maximum absolute atomic E-state index is 11.8. The zero-order valence-electron chi connectivity index (χ0n) is 13.0. The van der Waals surface area contributed by atoms with Crippen molar-refractivity contribution in [3.8, 4) is 0 Å². The van der Waals surface area contributed by atoms with Crippen LogP contribution in [-0.4, -0.2) is 40.5 Å². The lowest BCUT2D eigenvalue weighted by atomic mass is 10.2. The number of hydroxylamine groups is 2. The van der Waals surface area contributed by atoms with E-state index in [-0.39, 0.29) is 18.3 Å². The van der Waals surface area contributed by atoms with Crippen molar-refractivity contribution >= 4 is 12.0 Å². The monoisotopic (exact) mass is 310 g/mol. The van der Waals surface area contributed by atoms with Crippen molar-refractivity contribution in [1.82, 2.24) is 5.06 Å². The van der Waals surface area contributed by atoms with Crippen LogP contribution in [0.15, 0.2) is 30.3 Å². The normalized spacial score (nSPS) is 12.6. The Labute approximate surface area is 129 Å². The highest BCUT2D eigenvalue weighted by molar-refractivity contribution is 5.93. The van der Waals surface area contributed by atoms with Gasteiger partial charge in [-0.15, -0.1) is 5.06 Å². The fraction of sp³-hybridized carbons (Fsp3) is 0.467. The number of nitrogens with zero attached hydrogens (tertiary/aromatic N) is 1. The lowest BCUT2D eigenvalue weighted by Crippen LogP contribution is -2.48. The molecule has 0 aromatic heterocycles. The predicted octanol–water partition coefficient (Wildman–Crippen LogP) is 1.68. The van der Waals surface area contributed by atoms with E-state index in [4.69, 9.17) is 15.2 Å². The number of carbonyl (C=O) groups is 2. The molecule has 0 aliphatic rings. The number of ether oxygens (including phenoxy) is 2. The summed E-state index contributed by atoms with van der Waals surface area (Å²) in [6.45, 7) is 5.00. The van der Waals surface area contributed by atoms with Gasteiger partial charge < -0.3 is 15.2 Å². The number of nitrogens with two attached hydrogens (primary N) is 1. The summed E-state index contributed by atoms with van der Waals surface area (Å²) in [4.78, 5) is 23.3. The van der Waals surface area contributed by atoms with Crippen LogP contribution in [0.2, 0.25) is 0 Å². The molecule has 0 saturated carbocycles. The molecule has 122 valence electrons. The van der Waals surface area contributed by atoms with Gasteiger partial charge in [0.05, 0.1) is 13.2 Å². The van der Waals surface area contributed by atoms with Gasteiger partial charge in [-0.05, 0) is 26.3 Å². The number of hydrogen-bond donors (Lipinski definition) is 2. The van der Waals surface area contributed by atoms with Crippen LogP contribution in [0.3, 0.4) is 0 Å². The molecule has 0 aliphatic carbocycles. The van der Waals surface area contributed by atoms with E-state index < -0.39 is 23.6 Å². The lowest BCUT2D eigenvalue weighted by molar-refractivity contribution is -0.163. The molecule has 2 amide bonds. The summed E-state index contributed by atoms with van der Waals surface area (Å²) in [5.74, 6) is -0.984. The van der Waals surface area contributed by atoms with Gasteiger partial charge in [-0.2, -0.15) is 0 Å². The van der Waals surface area contributed by atoms with Gasteiger partial charge in [0.25, 0.3) is 5.91 Å². The maximum Gasteiger partial charge on any atom is 0.441 e. The Bertz CT molecular complexity index is 498.